The van der Waals surface area contributed by atoms with E-state index >= 15 is 0 Å². The van der Waals surface area contributed by atoms with Crippen molar-refractivity contribution >= 4 is 5.82 Å². The summed E-state index contributed by atoms with van der Waals surface area (Å²) < 4.78 is 18.3. The summed E-state index contributed by atoms with van der Waals surface area (Å²) in [6, 6.07) is 11.7. The number of aliphatic hydroxyl groups is 1. The van der Waals surface area contributed by atoms with Crippen molar-refractivity contribution in [2.45, 2.75) is 6.10 Å². The molecule has 2 heterocycles. The topological polar surface area (TPSA) is 48.8 Å². The van der Waals surface area contributed by atoms with Gasteiger partial charge in [0, 0.05) is 38.9 Å². The Morgan fingerprint density at radius 2 is 1.83 bits per heavy atom. The number of hydrogen-bond donors (Lipinski definition) is 1. The molecule has 0 aliphatic carbocycles. The monoisotopic (exact) mass is 331 g/mol. The average Bonchev–Trinajstić information content (AvgIpc) is 2.63. The third kappa shape index (κ3) is 4.66. The zero-order valence-electron chi connectivity index (χ0n) is 13.5. The van der Waals surface area contributed by atoms with E-state index in [1.54, 1.807) is 18.3 Å². The number of ether oxygens (including phenoxy) is 1. The fourth-order valence-corrected chi connectivity index (χ4v) is 2.77. The maximum atomic E-state index is 12.8. The van der Waals surface area contributed by atoms with Crippen molar-refractivity contribution < 1.29 is 14.2 Å². The Balaban J connectivity index is 1.40. The van der Waals surface area contributed by atoms with Crippen LogP contribution in [0, 0.1) is 5.82 Å². The van der Waals surface area contributed by atoms with Gasteiger partial charge in [-0.2, -0.15) is 0 Å². The minimum atomic E-state index is -0.573. The molecule has 1 N–H and O–H groups in total. The SMILES string of the molecule is O[C@H](COc1ccc(F)cc1)CN1CCN(c2ccccn2)CC1. The third-order valence-electron chi connectivity index (χ3n) is 4.07. The Morgan fingerprint density at radius 1 is 1.08 bits per heavy atom. The number of anilines is 1. The van der Waals surface area contributed by atoms with Gasteiger partial charge in [0.25, 0.3) is 0 Å². The van der Waals surface area contributed by atoms with Gasteiger partial charge in [0.1, 0.15) is 30.1 Å². The second kappa shape index (κ2) is 8.08. The smallest absolute Gasteiger partial charge is 0.128 e. The zero-order valence-corrected chi connectivity index (χ0v) is 13.5. The van der Waals surface area contributed by atoms with E-state index in [4.69, 9.17) is 4.74 Å². The summed E-state index contributed by atoms with van der Waals surface area (Å²) in [6.45, 7) is 4.31. The number of pyridine rings is 1. The molecule has 1 atom stereocenters. The molecule has 24 heavy (non-hydrogen) atoms. The lowest BCUT2D eigenvalue weighted by atomic mass is 10.2. The summed E-state index contributed by atoms with van der Waals surface area (Å²) >= 11 is 0. The van der Waals surface area contributed by atoms with E-state index in [0.29, 0.717) is 12.3 Å². The number of piperazine rings is 1. The maximum Gasteiger partial charge on any atom is 0.128 e. The molecule has 0 amide bonds. The molecule has 0 unspecified atom stereocenters. The first-order valence-electron chi connectivity index (χ1n) is 8.15. The Hall–Kier alpha value is -2.18. The fourth-order valence-electron chi connectivity index (χ4n) is 2.77. The average molecular weight is 331 g/mol. The molecule has 0 saturated carbocycles. The first-order chi connectivity index (χ1) is 11.7. The zero-order chi connectivity index (χ0) is 16.8. The normalized spacial score (nSPS) is 16.8. The number of aliphatic hydroxyl groups excluding tert-OH is 1. The van der Waals surface area contributed by atoms with Gasteiger partial charge in [-0.3, -0.25) is 4.90 Å². The highest BCUT2D eigenvalue weighted by atomic mass is 19.1. The number of benzene rings is 1. The summed E-state index contributed by atoms with van der Waals surface area (Å²) in [5.74, 6) is 1.27. The summed E-state index contributed by atoms with van der Waals surface area (Å²) in [5.41, 5.74) is 0. The van der Waals surface area contributed by atoms with E-state index in [1.165, 1.54) is 12.1 Å². The molecule has 2 aromatic rings. The molecule has 3 rings (SSSR count). The van der Waals surface area contributed by atoms with E-state index in [1.807, 2.05) is 18.2 Å². The van der Waals surface area contributed by atoms with Gasteiger partial charge in [-0.1, -0.05) is 6.07 Å². The van der Waals surface area contributed by atoms with Crippen LogP contribution >= 0.6 is 0 Å². The lowest BCUT2D eigenvalue weighted by Crippen LogP contribution is -2.49. The number of nitrogens with zero attached hydrogens (tertiary/aromatic N) is 3. The fraction of sp³-hybridized carbons (Fsp3) is 0.389. The van der Waals surface area contributed by atoms with Crippen LogP contribution in [0.25, 0.3) is 0 Å². The van der Waals surface area contributed by atoms with Crippen LogP contribution < -0.4 is 9.64 Å². The molecule has 0 spiro atoms. The van der Waals surface area contributed by atoms with E-state index < -0.39 is 6.10 Å². The molecule has 1 fully saturated rings. The van der Waals surface area contributed by atoms with E-state index in [2.05, 4.69) is 14.8 Å². The largest absolute Gasteiger partial charge is 0.491 e. The lowest BCUT2D eigenvalue weighted by Gasteiger charge is -2.36. The maximum absolute atomic E-state index is 12.8. The van der Waals surface area contributed by atoms with Gasteiger partial charge < -0.3 is 14.7 Å². The van der Waals surface area contributed by atoms with E-state index in [0.717, 1.165) is 32.0 Å². The first kappa shape index (κ1) is 16.7. The molecule has 0 bridgehead atoms. The lowest BCUT2D eigenvalue weighted by molar-refractivity contribution is 0.0662. The molecule has 128 valence electrons. The highest BCUT2D eigenvalue weighted by Gasteiger charge is 2.20. The molecule has 1 saturated heterocycles. The van der Waals surface area contributed by atoms with Crippen molar-refractivity contribution in [1.82, 2.24) is 9.88 Å². The number of halogens is 1. The molecule has 0 radical (unpaired) electrons. The molecular formula is C18H22FN3O2. The Bertz CT molecular complexity index is 616. The number of β-amino-alcohol motifs (C(OH)–C–C–N with tert-alkyl or cyclic N) is 1. The summed E-state index contributed by atoms with van der Waals surface area (Å²) in [7, 11) is 0. The first-order valence-corrected chi connectivity index (χ1v) is 8.15. The summed E-state index contributed by atoms with van der Waals surface area (Å²) in [4.78, 5) is 8.84. The molecule has 1 aliphatic rings. The summed E-state index contributed by atoms with van der Waals surface area (Å²) in [5, 5.41) is 10.1. The van der Waals surface area contributed by atoms with Crippen LogP contribution in [0.2, 0.25) is 0 Å². The second-order valence-electron chi connectivity index (χ2n) is 5.89. The van der Waals surface area contributed by atoms with E-state index in [9.17, 15) is 9.50 Å². The van der Waals surface area contributed by atoms with Crippen LogP contribution in [0.1, 0.15) is 0 Å². The van der Waals surface area contributed by atoms with Gasteiger partial charge in [0.2, 0.25) is 0 Å². The van der Waals surface area contributed by atoms with Crippen molar-refractivity contribution in [2.24, 2.45) is 0 Å². The van der Waals surface area contributed by atoms with Crippen LogP contribution in [0.4, 0.5) is 10.2 Å². The van der Waals surface area contributed by atoms with Crippen LogP contribution in [-0.4, -0.2) is 60.4 Å². The van der Waals surface area contributed by atoms with Gasteiger partial charge in [-0.05, 0) is 36.4 Å². The quantitative estimate of drug-likeness (QED) is 0.874. The van der Waals surface area contributed by atoms with Crippen molar-refractivity contribution in [2.75, 3.05) is 44.2 Å². The molecule has 6 heteroatoms. The standard InChI is InChI=1S/C18H22FN3O2/c19-15-4-6-17(7-5-15)24-14-16(23)13-21-9-11-22(12-10-21)18-3-1-2-8-20-18/h1-8,16,23H,9-14H2/t16-/m0/s1. The highest BCUT2D eigenvalue weighted by Crippen LogP contribution is 2.14. The Kier molecular flexibility index (Phi) is 5.61. The number of hydrogen-bond acceptors (Lipinski definition) is 5. The Morgan fingerprint density at radius 3 is 2.50 bits per heavy atom. The van der Waals surface area contributed by atoms with Crippen molar-refractivity contribution in [3.05, 3.63) is 54.5 Å². The number of rotatable bonds is 6. The minimum absolute atomic E-state index is 0.200. The third-order valence-corrected chi connectivity index (χ3v) is 4.07. The predicted octanol–water partition coefficient (Wildman–Crippen LogP) is 1.78. The van der Waals surface area contributed by atoms with Crippen LogP contribution in [-0.2, 0) is 0 Å². The number of aromatic nitrogens is 1. The Labute approximate surface area is 141 Å². The van der Waals surface area contributed by atoms with Crippen molar-refractivity contribution in [1.29, 1.82) is 0 Å². The van der Waals surface area contributed by atoms with Gasteiger partial charge in [0.15, 0.2) is 0 Å². The molecule has 1 aromatic heterocycles. The van der Waals surface area contributed by atoms with E-state index in [-0.39, 0.29) is 12.4 Å². The van der Waals surface area contributed by atoms with Gasteiger partial charge >= 0.3 is 0 Å². The highest BCUT2D eigenvalue weighted by molar-refractivity contribution is 5.38. The van der Waals surface area contributed by atoms with Crippen molar-refractivity contribution in [3.8, 4) is 5.75 Å². The van der Waals surface area contributed by atoms with Gasteiger partial charge in [-0.25, -0.2) is 9.37 Å². The van der Waals surface area contributed by atoms with Crippen molar-refractivity contribution in [3.63, 3.8) is 0 Å². The molecule has 1 aromatic carbocycles. The van der Waals surface area contributed by atoms with Gasteiger partial charge in [0.05, 0.1) is 0 Å². The molecular weight excluding hydrogens is 309 g/mol. The summed E-state index contributed by atoms with van der Waals surface area (Å²) in [6.07, 6.45) is 1.23. The molecule has 1 aliphatic heterocycles. The minimum Gasteiger partial charge on any atom is -0.491 e. The van der Waals surface area contributed by atoms with Crippen LogP contribution in [0.5, 0.6) is 5.75 Å². The predicted molar refractivity (Wildman–Crippen MR) is 90.8 cm³/mol. The van der Waals surface area contributed by atoms with Crippen LogP contribution in [0.15, 0.2) is 48.7 Å². The second-order valence-corrected chi connectivity index (χ2v) is 5.89. The molecule has 5 nitrogen and oxygen atoms in total. The van der Waals surface area contributed by atoms with Crippen LogP contribution in [0.3, 0.4) is 0 Å². The van der Waals surface area contributed by atoms with Gasteiger partial charge in [-0.15, -0.1) is 0 Å².